The molecule has 1 unspecified atom stereocenters. The zero-order valence-corrected chi connectivity index (χ0v) is 20.2. The highest BCUT2D eigenvalue weighted by atomic mass is 79.9. The molecular weight excluding hydrogens is 550 g/mol. The molecule has 1 atom stereocenters. The zero-order valence-electron chi connectivity index (χ0n) is 17.8. The molecule has 0 spiro atoms. The number of aromatic amines is 1. The third kappa shape index (κ3) is 3.63. The molecule has 0 fully saturated rings. The van der Waals surface area contributed by atoms with Crippen LogP contribution in [0.3, 0.4) is 0 Å². The van der Waals surface area contributed by atoms with Crippen LogP contribution in [0.5, 0.6) is 0 Å². The summed E-state index contributed by atoms with van der Waals surface area (Å²) in [6, 6.07) is 12.4. The maximum Gasteiger partial charge on any atom is 0.413 e. The van der Waals surface area contributed by atoms with E-state index in [9.17, 15) is 24.2 Å². The van der Waals surface area contributed by atoms with Crippen molar-refractivity contribution in [3.05, 3.63) is 87.4 Å². The molecule has 4 aromatic rings. The summed E-state index contributed by atoms with van der Waals surface area (Å²) in [7, 11) is 1.30. The van der Waals surface area contributed by atoms with E-state index in [1.807, 2.05) is 0 Å². The number of carbonyl (C=O) groups excluding carboxylic acids is 1. The largest absolute Gasteiger partial charge is 0.465 e. The predicted octanol–water partition coefficient (Wildman–Crippen LogP) is 4.99. The Morgan fingerprint density at radius 3 is 2.54 bits per heavy atom. The molecule has 12 heteroatoms. The first-order valence-corrected chi connectivity index (χ1v) is 10.7. The Kier molecular flexibility index (Phi) is 6.04. The van der Waals surface area contributed by atoms with Crippen molar-refractivity contribution in [2.24, 2.45) is 0 Å². The van der Waals surface area contributed by atoms with Gasteiger partial charge in [0, 0.05) is 22.8 Å². The van der Waals surface area contributed by atoms with Gasteiger partial charge in [-0.1, -0.05) is 28.1 Å². The Balaban J connectivity index is 0.00000289. The molecule has 2 heterocycles. The molecule has 0 saturated heterocycles. The molecule has 0 bridgehead atoms. The highest BCUT2D eigenvalue weighted by Gasteiger charge is 2.54. The first-order chi connectivity index (χ1) is 16.1. The van der Waals surface area contributed by atoms with Crippen LogP contribution >= 0.6 is 28.3 Å². The quantitative estimate of drug-likeness (QED) is 0.324. The van der Waals surface area contributed by atoms with Gasteiger partial charge in [-0.15, -0.1) is 12.4 Å². The second kappa shape index (κ2) is 8.59. The number of nitrogens with one attached hydrogen (secondary N) is 1. The summed E-state index contributed by atoms with van der Waals surface area (Å²) in [6.45, 7) is 0. The fraction of sp³-hybridized carbons (Fsp3) is 0.0870. The number of amides is 2. The van der Waals surface area contributed by atoms with Crippen molar-refractivity contribution in [3.63, 3.8) is 0 Å². The van der Waals surface area contributed by atoms with E-state index in [0.717, 1.165) is 21.9 Å². The summed E-state index contributed by atoms with van der Waals surface area (Å²) < 4.78 is 30.4. The average Bonchev–Trinajstić information content (AvgIpc) is 3.33. The van der Waals surface area contributed by atoms with Gasteiger partial charge in [-0.05, 0) is 42.5 Å². The Bertz CT molecular complexity index is 1510. The Morgan fingerprint density at radius 1 is 1.14 bits per heavy atom. The van der Waals surface area contributed by atoms with Crippen molar-refractivity contribution < 1.29 is 28.6 Å². The SMILES string of the molecule is CN(C(=O)O)c1nc2ccc(C3(O)c4c(F)ccc(F)c4C(=O)N3c3cccc(Br)c3)cc2[nH]1.Cl. The lowest BCUT2D eigenvalue weighted by Crippen LogP contribution is -2.45. The number of halogens is 4. The number of hydrogen-bond donors (Lipinski definition) is 3. The smallest absolute Gasteiger partial charge is 0.413 e. The minimum absolute atomic E-state index is 0. The van der Waals surface area contributed by atoms with Gasteiger partial charge < -0.3 is 15.2 Å². The number of imidazole rings is 1. The van der Waals surface area contributed by atoms with Crippen LogP contribution in [-0.4, -0.2) is 39.2 Å². The number of aliphatic hydroxyl groups is 1. The highest BCUT2D eigenvalue weighted by Crippen LogP contribution is 2.47. The first kappa shape index (κ1) is 24.6. The van der Waals surface area contributed by atoms with Crippen LogP contribution < -0.4 is 9.80 Å². The van der Waals surface area contributed by atoms with Crippen molar-refractivity contribution in [2.45, 2.75) is 5.72 Å². The third-order valence-electron chi connectivity index (χ3n) is 5.74. The third-order valence-corrected chi connectivity index (χ3v) is 6.23. The lowest BCUT2D eigenvalue weighted by atomic mass is 9.92. The lowest BCUT2D eigenvalue weighted by molar-refractivity contribution is 0.0686. The Labute approximate surface area is 211 Å². The second-order valence-corrected chi connectivity index (χ2v) is 8.62. The average molecular weight is 566 g/mol. The van der Waals surface area contributed by atoms with Gasteiger partial charge in [0.05, 0.1) is 22.2 Å². The van der Waals surface area contributed by atoms with Gasteiger partial charge in [0.25, 0.3) is 5.91 Å². The zero-order chi connectivity index (χ0) is 24.4. The summed E-state index contributed by atoms with van der Waals surface area (Å²) >= 11 is 3.31. The minimum atomic E-state index is -2.41. The van der Waals surface area contributed by atoms with Gasteiger partial charge in [0.1, 0.15) is 11.6 Å². The maximum absolute atomic E-state index is 15.1. The molecule has 0 aliphatic carbocycles. The molecular formula is C23H16BrClF2N4O4. The van der Waals surface area contributed by atoms with Gasteiger partial charge in [-0.2, -0.15) is 0 Å². The number of anilines is 2. The first-order valence-electron chi connectivity index (χ1n) is 9.90. The van der Waals surface area contributed by atoms with Crippen LogP contribution in [0.2, 0.25) is 0 Å². The molecule has 3 N–H and O–H groups in total. The van der Waals surface area contributed by atoms with Crippen LogP contribution in [0.4, 0.5) is 25.2 Å². The fourth-order valence-electron chi connectivity index (χ4n) is 4.13. The number of fused-ring (bicyclic) bond motifs is 2. The van der Waals surface area contributed by atoms with Crippen molar-refractivity contribution in [3.8, 4) is 0 Å². The van der Waals surface area contributed by atoms with Crippen LogP contribution in [0.15, 0.2) is 59.1 Å². The maximum atomic E-state index is 15.1. The van der Waals surface area contributed by atoms with E-state index in [1.54, 1.807) is 18.2 Å². The summed E-state index contributed by atoms with van der Waals surface area (Å²) in [6.07, 6.45) is -1.24. The number of nitrogens with zero attached hydrogens (tertiary/aromatic N) is 3. The summed E-state index contributed by atoms with van der Waals surface area (Å²) in [5.74, 6) is -2.81. The van der Waals surface area contributed by atoms with E-state index < -0.39 is 40.5 Å². The van der Waals surface area contributed by atoms with Gasteiger partial charge >= 0.3 is 6.09 Å². The highest BCUT2D eigenvalue weighted by molar-refractivity contribution is 9.10. The molecule has 35 heavy (non-hydrogen) atoms. The molecule has 2 amide bonds. The Hall–Kier alpha value is -3.54. The monoisotopic (exact) mass is 564 g/mol. The summed E-state index contributed by atoms with van der Waals surface area (Å²) in [5.41, 5.74) is -2.55. The van der Waals surface area contributed by atoms with Crippen LogP contribution in [-0.2, 0) is 5.72 Å². The number of rotatable bonds is 3. The molecule has 8 nitrogen and oxygen atoms in total. The topological polar surface area (TPSA) is 110 Å². The van der Waals surface area contributed by atoms with Crippen LogP contribution in [0.1, 0.15) is 21.5 Å². The number of carboxylic acid groups (broad SMARTS) is 1. The Morgan fingerprint density at radius 2 is 1.86 bits per heavy atom. The van der Waals surface area contributed by atoms with Crippen LogP contribution in [0, 0.1) is 11.6 Å². The van der Waals surface area contributed by atoms with Crippen molar-refractivity contribution >= 4 is 63.0 Å². The van der Waals surface area contributed by atoms with E-state index in [-0.39, 0.29) is 29.6 Å². The normalized spacial score (nSPS) is 16.8. The van der Waals surface area contributed by atoms with E-state index in [2.05, 4.69) is 25.9 Å². The van der Waals surface area contributed by atoms with E-state index in [1.165, 1.54) is 31.3 Å². The van der Waals surface area contributed by atoms with Crippen molar-refractivity contribution in [2.75, 3.05) is 16.8 Å². The lowest BCUT2D eigenvalue weighted by Gasteiger charge is -2.35. The predicted molar refractivity (Wildman–Crippen MR) is 130 cm³/mol. The van der Waals surface area contributed by atoms with E-state index >= 15 is 4.39 Å². The summed E-state index contributed by atoms with van der Waals surface area (Å²) in [4.78, 5) is 33.4. The van der Waals surface area contributed by atoms with Gasteiger partial charge in [0.15, 0.2) is 0 Å². The molecule has 1 aliphatic heterocycles. The number of H-pyrrole nitrogens is 1. The summed E-state index contributed by atoms with van der Waals surface area (Å²) in [5, 5.41) is 21.2. The van der Waals surface area contributed by atoms with Gasteiger partial charge in [-0.3, -0.25) is 14.6 Å². The van der Waals surface area contributed by atoms with Gasteiger partial charge in [-0.25, -0.2) is 18.6 Å². The van der Waals surface area contributed by atoms with Crippen LogP contribution in [0.25, 0.3) is 11.0 Å². The molecule has 0 saturated carbocycles. The molecule has 180 valence electrons. The van der Waals surface area contributed by atoms with Gasteiger partial charge in [0.2, 0.25) is 11.7 Å². The number of carbonyl (C=O) groups is 2. The van der Waals surface area contributed by atoms with Crippen molar-refractivity contribution in [1.82, 2.24) is 9.97 Å². The molecule has 1 aromatic heterocycles. The standard InChI is InChI=1S/C23H15BrF2N4O4.ClH/c1-29(22(32)33)21-27-16-8-5-11(9-17(16)28-21)23(34)19-15(26)7-6-14(25)18(19)20(31)30(23)13-4-2-3-12(24)10-13;/h2-10,34H,1H3,(H,27,28)(H,32,33);1H. The molecule has 3 aromatic carbocycles. The second-order valence-electron chi connectivity index (χ2n) is 7.71. The molecule has 5 rings (SSSR count). The van der Waals surface area contributed by atoms with E-state index in [4.69, 9.17) is 0 Å². The van der Waals surface area contributed by atoms with E-state index in [0.29, 0.717) is 15.5 Å². The van der Waals surface area contributed by atoms with Crippen molar-refractivity contribution in [1.29, 1.82) is 0 Å². The fourth-order valence-corrected chi connectivity index (χ4v) is 4.51. The molecule has 1 aliphatic rings. The number of aromatic nitrogens is 2. The number of hydrogen-bond acceptors (Lipinski definition) is 4. The minimum Gasteiger partial charge on any atom is -0.465 e. The molecule has 0 radical (unpaired) electrons. The number of benzene rings is 3.